The molecule has 4 nitrogen and oxygen atoms in total. The summed E-state index contributed by atoms with van der Waals surface area (Å²) < 4.78 is 23.1. The van der Waals surface area contributed by atoms with Gasteiger partial charge in [0.1, 0.15) is 24.3 Å². The van der Waals surface area contributed by atoms with E-state index in [9.17, 15) is 14.6 Å². The maximum absolute atomic E-state index is 13.0. The van der Waals surface area contributed by atoms with E-state index in [2.05, 4.69) is 0 Å². The molecule has 0 aliphatic carbocycles. The summed E-state index contributed by atoms with van der Waals surface area (Å²) in [6.07, 6.45) is -1.59. The second-order valence-electron chi connectivity index (χ2n) is 3.78. The van der Waals surface area contributed by atoms with E-state index in [0.29, 0.717) is 11.3 Å². The molecule has 1 rings (SSSR count). The molecule has 0 radical (unpaired) electrons. The van der Waals surface area contributed by atoms with Crippen molar-refractivity contribution in [2.75, 3.05) is 20.3 Å². The predicted molar refractivity (Wildman–Crippen MR) is 60.4 cm³/mol. The summed E-state index contributed by atoms with van der Waals surface area (Å²) in [5, 5.41) is 18.9. The van der Waals surface area contributed by atoms with Crippen LogP contribution in [0.15, 0.2) is 18.2 Å². The molecule has 2 atom stereocenters. The van der Waals surface area contributed by atoms with Crippen LogP contribution in [0.2, 0.25) is 0 Å². The molecule has 0 aromatic heterocycles. The lowest BCUT2D eigenvalue weighted by atomic mass is 10.1. The van der Waals surface area contributed by atoms with E-state index in [4.69, 9.17) is 9.47 Å². The fourth-order valence-corrected chi connectivity index (χ4v) is 1.40. The first kappa shape index (κ1) is 13.9. The number of methoxy groups -OCH3 is 1. The second kappa shape index (κ2) is 6.54. The summed E-state index contributed by atoms with van der Waals surface area (Å²) in [4.78, 5) is 0. The zero-order valence-electron chi connectivity index (χ0n) is 9.89. The minimum Gasteiger partial charge on any atom is -0.490 e. The van der Waals surface area contributed by atoms with Gasteiger partial charge in [-0.1, -0.05) is 0 Å². The average Bonchev–Trinajstić information content (AvgIpc) is 2.27. The van der Waals surface area contributed by atoms with Crippen LogP contribution in [0.25, 0.3) is 0 Å². The topological polar surface area (TPSA) is 58.9 Å². The Kier molecular flexibility index (Phi) is 5.34. The standard InChI is InChI=1S/C12H17FO4/c1-8(14)11-5-9(13)3-4-12(11)17-7-10(15)6-16-2/h3-5,8,10,14-15H,6-7H2,1-2H3. The molecule has 0 heterocycles. The largest absolute Gasteiger partial charge is 0.490 e. The third-order valence-electron chi connectivity index (χ3n) is 2.21. The van der Waals surface area contributed by atoms with E-state index in [1.54, 1.807) is 0 Å². The molecule has 0 fully saturated rings. The quantitative estimate of drug-likeness (QED) is 0.791. The van der Waals surface area contributed by atoms with Gasteiger partial charge in [0, 0.05) is 12.7 Å². The normalized spacial score (nSPS) is 14.4. The van der Waals surface area contributed by atoms with Gasteiger partial charge in [-0.05, 0) is 25.1 Å². The van der Waals surface area contributed by atoms with Crippen molar-refractivity contribution in [1.29, 1.82) is 0 Å². The van der Waals surface area contributed by atoms with Gasteiger partial charge in [-0.25, -0.2) is 4.39 Å². The number of hydrogen-bond donors (Lipinski definition) is 2. The summed E-state index contributed by atoms with van der Waals surface area (Å²) in [5.41, 5.74) is 0.356. The zero-order chi connectivity index (χ0) is 12.8. The first-order valence-corrected chi connectivity index (χ1v) is 5.32. The predicted octanol–water partition coefficient (Wildman–Crippen LogP) is 1.27. The van der Waals surface area contributed by atoms with Crippen LogP contribution in [-0.2, 0) is 4.74 Å². The number of aliphatic hydroxyl groups is 2. The van der Waals surface area contributed by atoms with Crippen LogP contribution >= 0.6 is 0 Å². The summed E-state index contributed by atoms with van der Waals surface area (Å²) in [7, 11) is 1.47. The van der Waals surface area contributed by atoms with Crippen molar-refractivity contribution in [3.63, 3.8) is 0 Å². The minimum absolute atomic E-state index is 0.0270. The molecule has 5 heteroatoms. The Hall–Kier alpha value is -1.17. The van der Waals surface area contributed by atoms with Gasteiger partial charge in [0.15, 0.2) is 0 Å². The lowest BCUT2D eigenvalue weighted by Crippen LogP contribution is -2.23. The van der Waals surface area contributed by atoms with Crippen LogP contribution < -0.4 is 4.74 Å². The molecule has 0 saturated heterocycles. The average molecular weight is 244 g/mol. The molecule has 2 N–H and O–H groups in total. The van der Waals surface area contributed by atoms with Crippen molar-refractivity contribution in [1.82, 2.24) is 0 Å². The van der Waals surface area contributed by atoms with Crippen LogP contribution in [0.5, 0.6) is 5.75 Å². The van der Waals surface area contributed by atoms with E-state index in [-0.39, 0.29) is 13.2 Å². The molecule has 0 spiro atoms. The van der Waals surface area contributed by atoms with E-state index in [1.165, 1.54) is 32.2 Å². The number of hydrogen-bond acceptors (Lipinski definition) is 4. The minimum atomic E-state index is -0.833. The molecule has 17 heavy (non-hydrogen) atoms. The van der Waals surface area contributed by atoms with Gasteiger partial charge >= 0.3 is 0 Å². The zero-order valence-corrected chi connectivity index (χ0v) is 9.89. The first-order chi connectivity index (χ1) is 8.04. The van der Waals surface area contributed by atoms with Gasteiger partial charge < -0.3 is 19.7 Å². The number of halogens is 1. The Labute approximate surface area is 99.6 Å². The molecular formula is C12H17FO4. The van der Waals surface area contributed by atoms with Gasteiger partial charge in [-0.3, -0.25) is 0 Å². The number of rotatable bonds is 6. The third kappa shape index (κ3) is 4.30. The summed E-state index contributed by atoms with van der Waals surface area (Å²) in [5.74, 6) is -0.0813. The SMILES string of the molecule is COCC(O)COc1ccc(F)cc1C(C)O. The Morgan fingerprint density at radius 1 is 1.29 bits per heavy atom. The van der Waals surface area contributed by atoms with Gasteiger partial charge in [-0.2, -0.15) is 0 Å². The van der Waals surface area contributed by atoms with Crippen LogP contribution in [-0.4, -0.2) is 36.6 Å². The molecule has 1 aromatic carbocycles. The molecule has 0 amide bonds. The van der Waals surface area contributed by atoms with Crippen molar-refractivity contribution in [2.45, 2.75) is 19.1 Å². The van der Waals surface area contributed by atoms with Crippen molar-refractivity contribution in [3.05, 3.63) is 29.6 Å². The fourth-order valence-electron chi connectivity index (χ4n) is 1.40. The fraction of sp³-hybridized carbons (Fsp3) is 0.500. The third-order valence-corrected chi connectivity index (χ3v) is 2.21. The maximum Gasteiger partial charge on any atom is 0.125 e. The molecule has 0 bridgehead atoms. The van der Waals surface area contributed by atoms with Crippen LogP contribution in [0.3, 0.4) is 0 Å². The van der Waals surface area contributed by atoms with Crippen molar-refractivity contribution in [2.24, 2.45) is 0 Å². The highest BCUT2D eigenvalue weighted by molar-refractivity contribution is 5.35. The highest BCUT2D eigenvalue weighted by Gasteiger charge is 2.12. The summed E-state index contributed by atoms with van der Waals surface area (Å²) >= 11 is 0. The lowest BCUT2D eigenvalue weighted by Gasteiger charge is -2.15. The molecule has 96 valence electrons. The smallest absolute Gasteiger partial charge is 0.125 e. The highest BCUT2D eigenvalue weighted by atomic mass is 19.1. The van der Waals surface area contributed by atoms with Gasteiger partial charge in [0.2, 0.25) is 0 Å². The van der Waals surface area contributed by atoms with Gasteiger partial charge in [0.05, 0.1) is 12.7 Å². The Bertz CT molecular complexity index is 354. The molecule has 0 aliphatic rings. The number of benzene rings is 1. The van der Waals surface area contributed by atoms with E-state index in [1.807, 2.05) is 0 Å². The highest BCUT2D eigenvalue weighted by Crippen LogP contribution is 2.26. The second-order valence-corrected chi connectivity index (χ2v) is 3.78. The Balaban J connectivity index is 2.70. The van der Waals surface area contributed by atoms with Crippen molar-refractivity contribution >= 4 is 0 Å². The van der Waals surface area contributed by atoms with Crippen molar-refractivity contribution in [3.8, 4) is 5.75 Å². The molecule has 0 saturated carbocycles. The van der Waals surface area contributed by atoms with E-state index in [0.717, 1.165) is 0 Å². The number of aliphatic hydroxyl groups excluding tert-OH is 2. The van der Waals surface area contributed by atoms with E-state index < -0.39 is 18.0 Å². The van der Waals surface area contributed by atoms with Crippen LogP contribution in [0.4, 0.5) is 4.39 Å². The number of ether oxygens (including phenoxy) is 2. The van der Waals surface area contributed by atoms with Crippen molar-refractivity contribution < 1.29 is 24.1 Å². The van der Waals surface area contributed by atoms with Gasteiger partial charge in [-0.15, -0.1) is 0 Å². The monoisotopic (exact) mass is 244 g/mol. The van der Waals surface area contributed by atoms with Crippen LogP contribution in [0, 0.1) is 5.82 Å². The van der Waals surface area contributed by atoms with Gasteiger partial charge in [0.25, 0.3) is 0 Å². The Morgan fingerprint density at radius 3 is 2.59 bits per heavy atom. The molecule has 0 aliphatic heterocycles. The molecule has 2 unspecified atom stereocenters. The molecular weight excluding hydrogens is 227 g/mol. The van der Waals surface area contributed by atoms with Crippen LogP contribution in [0.1, 0.15) is 18.6 Å². The van der Waals surface area contributed by atoms with E-state index >= 15 is 0 Å². The molecule has 1 aromatic rings. The maximum atomic E-state index is 13.0. The summed E-state index contributed by atoms with van der Waals surface area (Å²) in [6.45, 7) is 1.71. The summed E-state index contributed by atoms with van der Waals surface area (Å²) in [6, 6.07) is 3.88. The lowest BCUT2D eigenvalue weighted by molar-refractivity contribution is 0.0316. The first-order valence-electron chi connectivity index (χ1n) is 5.32. The Morgan fingerprint density at radius 2 is 2.00 bits per heavy atom.